The van der Waals surface area contributed by atoms with Gasteiger partial charge in [-0.15, -0.1) is 0 Å². The van der Waals surface area contributed by atoms with Crippen molar-refractivity contribution in [3.05, 3.63) is 52.5 Å². The Kier molecular flexibility index (Phi) is 2.99. The molecule has 2 aromatic carbocycles. The lowest BCUT2D eigenvalue weighted by Crippen LogP contribution is -2.08. The summed E-state index contributed by atoms with van der Waals surface area (Å²) >= 11 is 6.05. The van der Waals surface area contributed by atoms with Gasteiger partial charge in [-0.1, -0.05) is 11.6 Å². The molecule has 3 rings (SSSR count). The molecule has 1 aliphatic rings. The molecule has 0 radical (unpaired) electrons. The summed E-state index contributed by atoms with van der Waals surface area (Å²) in [5.74, 6) is 0.875. The molecule has 0 aliphatic carbocycles. The third-order valence-electron chi connectivity index (χ3n) is 3.49. The minimum Gasteiger partial charge on any atom is -0.497 e. The predicted molar refractivity (Wildman–Crippen MR) is 78.9 cm³/mol. The maximum atomic E-state index is 6.05. The largest absolute Gasteiger partial charge is 0.497 e. The summed E-state index contributed by atoms with van der Waals surface area (Å²) in [7, 11) is 1.68. The topological polar surface area (TPSA) is 47.3 Å². The number of hydrogen-bond acceptors (Lipinski definition) is 3. The highest BCUT2D eigenvalue weighted by molar-refractivity contribution is 6.30. The van der Waals surface area contributed by atoms with Crippen LogP contribution >= 0.6 is 11.6 Å². The molecule has 19 heavy (non-hydrogen) atoms. The summed E-state index contributed by atoms with van der Waals surface area (Å²) in [5.41, 5.74) is 10.2. The molecule has 1 unspecified atom stereocenters. The Morgan fingerprint density at radius 3 is 2.89 bits per heavy atom. The van der Waals surface area contributed by atoms with Gasteiger partial charge in [-0.3, -0.25) is 0 Å². The molecule has 0 saturated carbocycles. The summed E-state index contributed by atoms with van der Waals surface area (Å²) in [5, 5.41) is 4.18. The summed E-state index contributed by atoms with van der Waals surface area (Å²) in [6, 6.07) is 11.8. The molecular weight excluding hydrogens is 260 g/mol. The van der Waals surface area contributed by atoms with Gasteiger partial charge in [-0.05, 0) is 53.9 Å². The van der Waals surface area contributed by atoms with Crippen molar-refractivity contribution >= 4 is 23.0 Å². The molecule has 0 amide bonds. The highest BCUT2D eigenvalue weighted by Crippen LogP contribution is 2.38. The van der Waals surface area contributed by atoms with Crippen LogP contribution in [0.5, 0.6) is 5.75 Å². The van der Waals surface area contributed by atoms with Gasteiger partial charge in [0.2, 0.25) is 0 Å². The van der Waals surface area contributed by atoms with Gasteiger partial charge in [0.05, 0.1) is 13.2 Å². The number of fused-ring (bicyclic) bond motifs is 1. The van der Waals surface area contributed by atoms with Crippen molar-refractivity contribution in [3.8, 4) is 5.75 Å². The van der Waals surface area contributed by atoms with E-state index in [-0.39, 0.29) is 6.04 Å². The number of benzene rings is 2. The van der Waals surface area contributed by atoms with Crippen LogP contribution in [0.1, 0.15) is 17.2 Å². The maximum absolute atomic E-state index is 6.05. The first-order valence-corrected chi connectivity index (χ1v) is 6.53. The summed E-state index contributed by atoms with van der Waals surface area (Å²) < 4.78 is 5.25. The van der Waals surface area contributed by atoms with Gasteiger partial charge in [-0.2, -0.15) is 0 Å². The van der Waals surface area contributed by atoms with Crippen LogP contribution in [0.3, 0.4) is 0 Å². The lowest BCUT2D eigenvalue weighted by molar-refractivity contribution is 0.414. The first-order valence-electron chi connectivity index (χ1n) is 6.16. The van der Waals surface area contributed by atoms with E-state index in [0.29, 0.717) is 5.02 Å². The molecule has 0 spiro atoms. The number of methoxy groups -OCH3 is 1. The van der Waals surface area contributed by atoms with Gasteiger partial charge in [0, 0.05) is 16.4 Å². The Morgan fingerprint density at radius 1 is 1.26 bits per heavy atom. The summed E-state index contributed by atoms with van der Waals surface area (Å²) in [6.07, 6.45) is 0.886. The van der Waals surface area contributed by atoms with Gasteiger partial charge >= 0.3 is 0 Å². The minimum absolute atomic E-state index is 0.167. The number of rotatable bonds is 2. The molecular formula is C15H15ClN2O. The summed E-state index contributed by atoms with van der Waals surface area (Å²) in [4.78, 5) is 0. The van der Waals surface area contributed by atoms with E-state index in [1.165, 1.54) is 5.56 Å². The van der Waals surface area contributed by atoms with E-state index in [1.807, 2.05) is 30.3 Å². The van der Waals surface area contributed by atoms with Crippen molar-refractivity contribution < 1.29 is 4.74 Å². The van der Waals surface area contributed by atoms with E-state index in [2.05, 4.69) is 11.4 Å². The molecule has 3 nitrogen and oxygen atoms in total. The van der Waals surface area contributed by atoms with Crippen LogP contribution in [0, 0.1) is 0 Å². The molecule has 0 aromatic heterocycles. The van der Waals surface area contributed by atoms with Crippen molar-refractivity contribution in [2.45, 2.75) is 12.5 Å². The number of hydrogen-bond donors (Lipinski definition) is 2. The van der Waals surface area contributed by atoms with Crippen molar-refractivity contribution in [2.24, 2.45) is 0 Å². The van der Waals surface area contributed by atoms with Crippen molar-refractivity contribution in [1.82, 2.24) is 0 Å². The van der Waals surface area contributed by atoms with Gasteiger partial charge in [0.1, 0.15) is 5.75 Å². The lowest BCUT2D eigenvalue weighted by Gasteiger charge is -2.14. The number of nitrogens with two attached hydrogens (primary N) is 1. The van der Waals surface area contributed by atoms with Gasteiger partial charge in [-0.25, -0.2) is 0 Å². The molecule has 1 atom stereocenters. The normalized spacial score (nSPS) is 16.8. The zero-order chi connectivity index (χ0) is 13.4. The maximum Gasteiger partial charge on any atom is 0.119 e. The van der Waals surface area contributed by atoms with Crippen LogP contribution in [0.4, 0.5) is 11.4 Å². The molecule has 4 heteroatoms. The fourth-order valence-electron chi connectivity index (χ4n) is 2.50. The second-order valence-corrected chi connectivity index (χ2v) is 5.13. The van der Waals surface area contributed by atoms with Gasteiger partial charge in [0.25, 0.3) is 0 Å². The highest BCUT2D eigenvalue weighted by atomic mass is 35.5. The van der Waals surface area contributed by atoms with Crippen molar-refractivity contribution in [1.29, 1.82) is 0 Å². The Labute approximate surface area is 117 Å². The van der Waals surface area contributed by atoms with Crippen LogP contribution in [0.2, 0.25) is 5.02 Å². The third kappa shape index (κ3) is 2.22. The number of halogens is 1. The first kappa shape index (κ1) is 12.2. The smallest absolute Gasteiger partial charge is 0.119 e. The average molecular weight is 275 g/mol. The quantitative estimate of drug-likeness (QED) is 0.822. The fourth-order valence-corrected chi connectivity index (χ4v) is 2.68. The molecule has 3 N–H and O–H groups in total. The highest BCUT2D eigenvalue weighted by Gasteiger charge is 2.24. The van der Waals surface area contributed by atoms with Crippen LogP contribution in [0.15, 0.2) is 36.4 Å². The molecule has 0 bridgehead atoms. The standard InChI is InChI=1S/C15H15ClN2O/c1-19-11-3-5-14-9(6-11)7-15(18-14)12-8-10(16)2-4-13(12)17/h2-6,8,15,18H,7,17H2,1H3. The second kappa shape index (κ2) is 4.67. The van der Waals surface area contributed by atoms with Crippen molar-refractivity contribution in [3.63, 3.8) is 0 Å². The number of nitrogens with one attached hydrogen (secondary N) is 1. The predicted octanol–water partition coefficient (Wildman–Crippen LogP) is 3.64. The zero-order valence-corrected chi connectivity index (χ0v) is 11.4. The molecule has 98 valence electrons. The SMILES string of the molecule is COc1ccc2c(c1)CC(c1cc(Cl)ccc1N)N2. The first-order chi connectivity index (χ1) is 9.17. The van der Waals surface area contributed by atoms with E-state index in [0.717, 1.165) is 29.1 Å². The third-order valence-corrected chi connectivity index (χ3v) is 3.73. The van der Waals surface area contributed by atoms with E-state index in [1.54, 1.807) is 7.11 Å². The molecule has 0 fully saturated rings. The van der Waals surface area contributed by atoms with Crippen LogP contribution in [0.25, 0.3) is 0 Å². The van der Waals surface area contributed by atoms with Crippen LogP contribution in [-0.2, 0) is 6.42 Å². The Bertz CT molecular complexity index is 628. The van der Waals surface area contributed by atoms with E-state index >= 15 is 0 Å². The minimum atomic E-state index is 0.167. The number of anilines is 2. The Balaban J connectivity index is 1.93. The Morgan fingerprint density at radius 2 is 2.11 bits per heavy atom. The van der Waals surface area contributed by atoms with Crippen molar-refractivity contribution in [2.75, 3.05) is 18.2 Å². The number of ether oxygens (including phenoxy) is 1. The van der Waals surface area contributed by atoms with Crippen LogP contribution < -0.4 is 15.8 Å². The fraction of sp³-hybridized carbons (Fsp3) is 0.200. The van der Waals surface area contributed by atoms with Gasteiger partial charge in [0.15, 0.2) is 0 Å². The van der Waals surface area contributed by atoms with Gasteiger partial charge < -0.3 is 15.8 Å². The molecule has 2 aromatic rings. The van der Waals surface area contributed by atoms with E-state index in [9.17, 15) is 0 Å². The van der Waals surface area contributed by atoms with E-state index in [4.69, 9.17) is 22.1 Å². The molecule has 1 heterocycles. The molecule has 1 aliphatic heterocycles. The van der Waals surface area contributed by atoms with E-state index < -0.39 is 0 Å². The second-order valence-electron chi connectivity index (χ2n) is 4.70. The average Bonchev–Trinajstić information content (AvgIpc) is 2.83. The summed E-state index contributed by atoms with van der Waals surface area (Å²) in [6.45, 7) is 0. The Hall–Kier alpha value is -1.87. The van der Waals surface area contributed by atoms with Crippen LogP contribution in [-0.4, -0.2) is 7.11 Å². The zero-order valence-electron chi connectivity index (χ0n) is 10.6. The lowest BCUT2D eigenvalue weighted by atomic mass is 10.0. The monoisotopic (exact) mass is 274 g/mol. The number of nitrogen functional groups attached to an aromatic ring is 1. The molecule has 0 saturated heterocycles.